The zero-order valence-electron chi connectivity index (χ0n) is 17.4. The second kappa shape index (κ2) is 15.1. The number of thioether (sulfide) groups is 1. The summed E-state index contributed by atoms with van der Waals surface area (Å²) in [6, 6.07) is 14.6. The molecule has 0 aromatic heterocycles. The first kappa shape index (κ1) is 26.2. The zero-order valence-corrected chi connectivity index (χ0v) is 20.6. The predicted molar refractivity (Wildman–Crippen MR) is 135 cm³/mol. The monoisotopic (exact) mass is 544 g/mol. The lowest BCUT2D eigenvalue weighted by Gasteiger charge is -2.12. The Morgan fingerprint density at radius 1 is 1.07 bits per heavy atom. The van der Waals surface area contributed by atoms with Crippen molar-refractivity contribution >= 4 is 47.6 Å². The van der Waals surface area contributed by atoms with Crippen molar-refractivity contribution in [3.05, 3.63) is 71.0 Å². The maximum atomic E-state index is 13.5. The topological polar surface area (TPSA) is 65.5 Å². The van der Waals surface area contributed by atoms with Crippen molar-refractivity contribution in [2.45, 2.75) is 32.2 Å². The highest BCUT2D eigenvalue weighted by atomic mass is 127. The van der Waals surface area contributed by atoms with Crippen molar-refractivity contribution < 1.29 is 9.18 Å². The lowest BCUT2D eigenvalue weighted by atomic mass is 10.1. The number of guanidine groups is 1. The molecule has 8 heteroatoms. The molecule has 1 amide bonds. The van der Waals surface area contributed by atoms with Crippen LogP contribution in [-0.2, 0) is 23.6 Å². The second-order valence-corrected chi connectivity index (χ2v) is 7.35. The second-order valence-electron chi connectivity index (χ2n) is 6.48. The molecule has 0 bridgehead atoms. The van der Waals surface area contributed by atoms with Gasteiger partial charge in [0.2, 0.25) is 5.91 Å². The minimum Gasteiger partial charge on any atom is -0.357 e. The van der Waals surface area contributed by atoms with Gasteiger partial charge in [-0.3, -0.25) is 4.79 Å². The molecule has 0 heterocycles. The van der Waals surface area contributed by atoms with Crippen molar-refractivity contribution in [1.29, 1.82) is 0 Å². The molecular weight excluding hydrogens is 514 g/mol. The molecule has 2 rings (SSSR count). The zero-order chi connectivity index (χ0) is 20.9. The Kier molecular flexibility index (Phi) is 13.2. The van der Waals surface area contributed by atoms with Crippen LogP contribution in [-0.4, -0.2) is 31.2 Å². The maximum absolute atomic E-state index is 13.5. The van der Waals surface area contributed by atoms with Crippen LogP contribution in [0.5, 0.6) is 0 Å². The lowest BCUT2D eigenvalue weighted by molar-refractivity contribution is -0.121. The van der Waals surface area contributed by atoms with Gasteiger partial charge in [-0.2, -0.15) is 11.8 Å². The Labute approximate surface area is 199 Å². The smallest absolute Gasteiger partial charge is 0.222 e. The SMILES string of the molecule is CCNC(=NCc1ccc(F)cc1CSC)NCCC(=O)NCc1ccccc1.I. The fourth-order valence-corrected chi connectivity index (χ4v) is 3.30. The van der Waals surface area contributed by atoms with E-state index < -0.39 is 0 Å². The molecule has 30 heavy (non-hydrogen) atoms. The van der Waals surface area contributed by atoms with E-state index in [0.29, 0.717) is 38.6 Å². The molecular formula is C22H30FIN4OS. The normalized spacial score (nSPS) is 10.8. The fraction of sp³-hybridized carbons (Fsp3) is 0.364. The quantitative estimate of drug-likeness (QED) is 0.240. The molecule has 3 N–H and O–H groups in total. The van der Waals surface area contributed by atoms with Gasteiger partial charge < -0.3 is 16.0 Å². The molecule has 0 fully saturated rings. The summed E-state index contributed by atoms with van der Waals surface area (Å²) in [4.78, 5) is 16.6. The number of hydrogen-bond acceptors (Lipinski definition) is 3. The number of carbonyl (C=O) groups excluding carboxylic acids is 1. The highest BCUT2D eigenvalue weighted by Gasteiger charge is 2.06. The molecule has 0 atom stereocenters. The maximum Gasteiger partial charge on any atom is 0.222 e. The number of hydrogen-bond donors (Lipinski definition) is 3. The van der Waals surface area contributed by atoms with Crippen LogP contribution in [0.2, 0.25) is 0 Å². The Bertz CT molecular complexity index is 805. The minimum atomic E-state index is -0.228. The molecule has 0 aliphatic heterocycles. The Morgan fingerprint density at radius 3 is 2.53 bits per heavy atom. The molecule has 164 valence electrons. The van der Waals surface area contributed by atoms with Crippen LogP contribution in [0.25, 0.3) is 0 Å². The minimum absolute atomic E-state index is 0. The molecule has 0 saturated carbocycles. The van der Waals surface area contributed by atoms with Crippen molar-refractivity contribution in [1.82, 2.24) is 16.0 Å². The number of carbonyl (C=O) groups is 1. The molecule has 0 aliphatic rings. The first-order valence-corrected chi connectivity index (χ1v) is 11.1. The number of nitrogens with one attached hydrogen (secondary N) is 3. The van der Waals surface area contributed by atoms with Crippen molar-refractivity contribution in [2.24, 2.45) is 4.99 Å². The largest absolute Gasteiger partial charge is 0.357 e. The third kappa shape index (κ3) is 9.80. The van der Waals surface area contributed by atoms with Gasteiger partial charge in [0.1, 0.15) is 5.82 Å². The van der Waals surface area contributed by atoms with Crippen LogP contribution in [0.4, 0.5) is 4.39 Å². The van der Waals surface area contributed by atoms with Crippen LogP contribution in [0, 0.1) is 5.82 Å². The molecule has 2 aromatic rings. The van der Waals surface area contributed by atoms with Gasteiger partial charge in [-0.05, 0) is 42.0 Å². The average molecular weight is 544 g/mol. The fourth-order valence-electron chi connectivity index (χ4n) is 2.72. The van der Waals surface area contributed by atoms with Crippen molar-refractivity contribution in [3.8, 4) is 0 Å². The van der Waals surface area contributed by atoms with Gasteiger partial charge in [-0.15, -0.1) is 24.0 Å². The third-order valence-corrected chi connectivity index (χ3v) is 4.80. The van der Waals surface area contributed by atoms with Crippen LogP contribution < -0.4 is 16.0 Å². The van der Waals surface area contributed by atoms with E-state index in [4.69, 9.17) is 0 Å². The number of amides is 1. The third-order valence-electron chi connectivity index (χ3n) is 4.20. The number of benzene rings is 2. The predicted octanol–water partition coefficient (Wildman–Crippen LogP) is 4.07. The average Bonchev–Trinajstić information content (AvgIpc) is 2.72. The summed E-state index contributed by atoms with van der Waals surface area (Å²) in [6.07, 6.45) is 2.35. The highest BCUT2D eigenvalue weighted by molar-refractivity contribution is 14.0. The van der Waals surface area contributed by atoms with E-state index in [1.54, 1.807) is 23.9 Å². The van der Waals surface area contributed by atoms with E-state index in [1.165, 1.54) is 6.07 Å². The van der Waals surface area contributed by atoms with Gasteiger partial charge in [0.25, 0.3) is 0 Å². The van der Waals surface area contributed by atoms with E-state index in [2.05, 4.69) is 20.9 Å². The number of rotatable bonds is 10. The molecule has 0 unspecified atom stereocenters. The number of halogens is 2. The summed E-state index contributed by atoms with van der Waals surface area (Å²) in [6.45, 7) is 4.16. The van der Waals surface area contributed by atoms with Gasteiger partial charge in [0.05, 0.1) is 6.54 Å². The number of aliphatic imine (C=N–C) groups is 1. The first-order chi connectivity index (χ1) is 14.1. The van der Waals surface area contributed by atoms with Gasteiger partial charge >= 0.3 is 0 Å². The van der Waals surface area contributed by atoms with E-state index in [-0.39, 0.29) is 35.7 Å². The Morgan fingerprint density at radius 2 is 1.83 bits per heavy atom. The van der Waals surface area contributed by atoms with Crippen molar-refractivity contribution in [3.63, 3.8) is 0 Å². The first-order valence-electron chi connectivity index (χ1n) is 9.71. The van der Waals surface area contributed by atoms with E-state index in [0.717, 1.165) is 22.4 Å². The van der Waals surface area contributed by atoms with Crippen LogP contribution in [0.1, 0.15) is 30.0 Å². The Balaban J connectivity index is 0.00000450. The van der Waals surface area contributed by atoms with Gasteiger partial charge in [-0.1, -0.05) is 36.4 Å². The van der Waals surface area contributed by atoms with Gasteiger partial charge in [0, 0.05) is 31.8 Å². The molecule has 0 spiro atoms. The lowest BCUT2D eigenvalue weighted by Crippen LogP contribution is -2.39. The highest BCUT2D eigenvalue weighted by Crippen LogP contribution is 2.17. The van der Waals surface area contributed by atoms with E-state index in [1.807, 2.05) is 43.5 Å². The summed E-state index contributed by atoms with van der Waals surface area (Å²) in [5, 5.41) is 9.27. The van der Waals surface area contributed by atoms with Crippen molar-refractivity contribution in [2.75, 3.05) is 19.3 Å². The summed E-state index contributed by atoms with van der Waals surface area (Å²) in [5.74, 6) is 1.14. The Hall–Kier alpha value is -1.81. The summed E-state index contributed by atoms with van der Waals surface area (Å²) >= 11 is 1.65. The van der Waals surface area contributed by atoms with Crippen LogP contribution >= 0.6 is 35.7 Å². The molecule has 2 aromatic carbocycles. The van der Waals surface area contributed by atoms with Crippen LogP contribution in [0.15, 0.2) is 53.5 Å². The van der Waals surface area contributed by atoms with E-state index >= 15 is 0 Å². The standard InChI is InChI=1S/C22H29FN4OS.HI/c1-3-24-22(27-15-18-9-10-20(23)13-19(18)16-29-2)25-12-11-21(28)26-14-17-7-5-4-6-8-17;/h4-10,13H,3,11-12,14-16H2,1-2H3,(H,26,28)(H2,24,25,27);1H. The van der Waals surface area contributed by atoms with E-state index in [9.17, 15) is 9.18 Å². The van der Waals surface area contributed by atoms with Gasteiger partial charge in [0.15, 0.2) is 5.96 Å². The summed E-state index contributed by atoms with van der Waals surface area (Å²) in [5.41, 5.74) is 3.03. The summed E-state index contributed by atoms with van der Waals surface area (Å²) < 4.78 is 13.5. The molecule has 0 saturated heterocycles. The van der Waals surface area contributed by atoms with Crippen LogP contribution in [0.3, 0.4) is 0 Å². The summed E-state index contributed by atoms with van der Waals surface area (Å²) in [7, 11) is 0. The molecule has 5 nitrogen and oxygen atoms in total. The molecule has 0 aliphatic carbocycles. The number of nitrogens with zero attached hydrogens (tertiary/aromatic N) is 1. The van der Waals surface area contributed by atoms with Gasteiger partial charge in [-0.25, -0.2) is 9.38 Å². The molecule has 0 radical (unpaired) electrons.